The Labute approximate surface area is 299 Å². The van der Waals surface area contributed by atoms with Gasteiger partial charge in [0.05, 0.1) is 58.6 Å². The summed E-state index contributed by atoms with van der Waals surface area (Å²) in [5.74, 6) is 1.18. The molecule has 9 atom stereocenters. The molecule has 15 nitrogen and oxygen atoms in total. The number of hydrogen-bond acceptors (Lipinski definition) is 14. The zero-order chi connectivity index (χ0) is 36.5. The van der Waals surface area contributed by atoms with Gasteiger partial charge < -0.3 is 53.2 Å². The van der Waals surface area contributed by atoms with Gasteiger partial charge in [-0.3, -0.25) is 0 Å². The zero-order valence-corrected chi connectivity index (χ0v) is 29.0. The monoisotopic (exact) mass is 719 g/mol. The molecule has 0 bridgehead atoms. The van der Waals surface area contributed by atoms with Gasteiger partial charge in [-0.1, -0.05) is 35.0 Å². The van der Waals surface area contributed by atoms with E-state index in [9.17, 15) is 20.1 Å². The minimum absolute atomic E-state index is 0.0673. The maximum atomic E-state index is 12.8. The smallest absolute Gasteiger partial charge is 0.360 e. The summed E-state index contributed by atoms with van der Waals surface area (Å²) in [4.78, 5) is 12.8. The molecule has 7 rings (SSSR count). The highest BCUT2D eigenvalue weighted by molar-refractivity contribution is 5.86. The summed E-state index contributed by atoms with van der Waals surface area (Å²) in [5, 5.41) is 39.9. The van der Waals surface area contributed by atoms with E-state index in [4.69, 9.17) is 37.9 Å². The Bertz CT molecular complexity index is 1870. The summed E-state index contributed by atoms with van der Waals surface area (Å²) >= 11 is 0. The number of carbonyl (C=O) groups excluding carboxylic acids is 1. The molecule has 3 aliphatic rings. The summed E-state index contributed by atoms with van der Waals surface area (Å²) in [7, 11) is 4.67. The lowest BCUT2D eigenvalue weighted by Gasteiger charge is -2.40. The molecule has 3 fully saturated rings. The van der Waals surface area contributed by atoms with Crippen LogP contribution in [0.25, 0.3) is 5.69 Å². The standard InChI is InChI=1S/C37H41N3O12/c1-19-5-9-22(10-6-19)40-15-25(38-39-40)36(44)50-18-30-31(41)32(42)33(43)37(52-30)51-27-12-8-21(14-29(27)47-4)35-24-17-48-34(23(24)16-49-35)20-7-11-26(45-2)28(13-20)46-3/h5-15,23-24,30-35,37,41-43H,16-18H2,1-4H3/t23-,24-,30+,31+,32-,33+,34-,35+,37-/m0/s1. The van der Waals surface area contributed by atoms with E-state index in [-0.39, 0.29) is 35.5 Å². The Balaban J connectivity index is 0.997. The third-order valence-corrected chi connectivity index (χ3v) is 9.81. The van der Waals surface area contributed by atoms with Crippen LogP contribution in [-0.2, 0) is 18.9 Å². The third-order valence-electron chi connectivity index (χ3n) is 9.81. The Morgan fingerprint density at radius 2 is 1.38 bits per heavy atom. The molecule has 4 heterocycles. The van der Waals surface area contributed by atoms with Crippen molar-refractivity contribution in [3.05, 3.63) is 89.2 Å². The molecule has 0 spiro atoms. The van der Waals surface area contributed by atoms with Crippen LogP contribution < -0.4 is 18.9 Å². The third kappa shape index (κ3) is 6.90. The first-order valence-electron chi connectivity index (χ1n) is 16.8. The molecule has 0 unspecified atom stereocenters. The van der Waals surface area contributed by atoms with Crippen molar-refractivity contribution in [2.75, 3.05) is 41.2 Å². The summed E-state index contributed by atoms with van der Waals surface area (Å²) in [5.41, 5.74) is 3.53. The number of benzene rings is 3. The number of hydrogen-bond donors (Lipinski definition) is 3. The van der Waals surface area contributed by atoms with E-state index in [1.807, 2.05) is 55.5 Å². The number of aromatic nitrogens is 3. The maximum absolute atomic E-state index is 12.8. The van der Waals surface area contributed by atoms with Crippen LogP contribution >= 0.6 is 0 Å². The molecule has 0 saturated carbocycles. The molecule has 0 radical (unpaired) electrons. The van der Waals surface area contributed by atoms with Crippen LogP contribution in [0.15, 0.2) is 66.9 Å². The Morgan fingerprint density at radius 1 is 0.788 bits per heavy atom. The molecule has 3 N–H and O–H groups in total. The van der Waals surface area contributed by atoms with Gasteiger partial charge in [-0.05, 0) is 54.4 Å². The van der Waals surface area contributed by atoms with Crippen LogP contribution in [0.4, 0.5) is 0 Å². The molecule has 3 aliphatic heterocycles. The molecule has 52 heavy (non-hydrogen) atoms. The highest BCUT2D eigenvalue weighted by atomic mass is 16.7. The van der Waals surface area contributed by atoms with Gasteiger partial charge in [0.2, 0.25) is 6.29 Å². The zero-order valence-electron chi connectivity index (χ0n) is 29.0. The Hall–Kier alpha value is -4.77. The molecule has 3 saturated heterocycles. The molecular formula is C37H41N3O12. The van der Waals surface area contributed by atoms with Gasteiger partial charge in [0.1, 0.15) is 31.0 Å². The van der Waals surface area contributed by atoms with Crippen molar-refractivity contribution in [2.45, 2.75) is 49.8 Å². The SMILES string of the molecule is COc1ccc([C@@H]2OC[C@H]3[C@@H]2CO[C@@H]3c2ccc(O[C@H]3O[C@H](COC(=O)c4cn(-c5ccc(C)cc5)nn4)[C@@H](O)[C@H](O)[C@H]3O)c(OC)c2)cc1OC. The van der Waals surface area contributed by atoms with E-state index in [2.05, 4.69) is 10.3 Å². The van der Waals surface area contributed by atoms with E-state index in [1.165, 1.54) is 18.0 Å². The number of carbonyl (C=O) groups is 1. The van der Waals surface area contributed by atoms with Crippen molar-refractivity contribution in [3.63, 3.8) is 0 Å². The first-order chi connectivity index (χ1) is 25.2. The summed E-state index contributed by atoms with van der Waals surface area (Å²) in [6.45, 7) is 2.48. The van der Waals surface area contributed by atoms with E-state index in [0.29, 0.717) is 36.1 Å². The Morgan fingerprint density at radius 3 is 2.00 bits per heavy atom. The van der Waals surface area contributed by atoms with Crippen LogP contribution in [0, 0.1) is 18.8 Å². The van der Waals surface area contributed by atoms with Crippen molar-refractivity contribution >= 4 is 5.97 Å². The quantitative estimate of drug-likeness (QED) is 0.193. The molecule has 1 aromatic heterocycles. The second-order valence-corrected chi connectivity index (χ2v) is 13.0. The van der Waals surface area contributed by atoms with Crippen LogP contribution in [0.1, 0.15) is 39.4 Å². The minimum Gasteiger partial charge on any atom is -0.493 e. The van der Waals surface area contributed by atoms with E-state index >= 15 is 0 Å². The molecule has 3 aromatic carbocycles. The molecule has 276 valence electrons. The lowest BCUT2D eigenvalue weighted by Crippen LogP contribution is -2.60. The number of nitrogens with zero attached hydrogens (tertiary/aromatic N) is 3. The minimum atomic E-state index is -1.67. The van der Waals surface area contributed by atoms with Crippen molar-refractivity contribution < 1.29 is 58.0 Å². The fraction of sp³-hybridized carbons (Fsp3) is 0.432. The summed E-state index contributed by atoms with van der Waals surface area (Å²) in [6, 6.07) is 18.5. The lowest BCUT2D eigenvalue weighted by molar-refractivity contribution is -0.277. The van der Waals surface area contributed by atoms with Crippen LogP contribution in [0.5, 0.6) is 23.0 Å². The molecule has 0 aliphatic carbocycles. The molecule has 0 amide bonds. The fourth-order valence-corrected chi connectivity index (χ4v) is 6.91. The fourth-order valence-electron chi connectivity index (χ4n) is 6.91. The van der Waals surface area contributed by atoms with Gasteiger partial charge in [-0.2, -0.15) is 0 Å². The van der Waals surface area contributed by atoms with Crippen molar-refractivity contribution in [3.8, 4) is 28.7 Å². The predicted molar refractivity (Wildman–Crippen MR) is 181 cm³/mol. The molecule has 15 heteroatoms. The summed E-state index contributed by atoms with van der Waals surface area (Å²) in [6.07, 6.45) is -6.60. The number of methoxy groups -OCH3 is 3. The van der Waals surface area contributed by atoms with Crippen LogP contribution in [0.2, 0.25) is 0 Å². The van der Waals surface area contributed by atoms with E-state index in [0.717, 1.165) is 16.7 Å². The van der Waals surface area contributed by atoms with E-state index in [1.54, 1.807) is 26.4 Å². The topological polar surface area (TPSA) is 182 Å². The number of aliphatic hydroxyl groups is 3. The van der Waals surface area contributed by atoms with Gasteiger partial charge >= 0.3 is 5.97 Å². The second kappa shape index (κ2) is 15.1. The maximum Gasteiger partial charge on any atom is 0.360 e. The Kier molecular flexibility index (Phi) is 10.3. The van der Waals surface area contributed by atoms with E-state index < -0.39 is 43.3 Å². The summed E-state index contributed by atoms with van der Waals surface area (Å²) < 4.78 is 47.7. The van der Waals surface area contributed by atoms with Crippen LogP contribution in [0.3, 0.4) is 0 Å². The average molecular weight is 720 g/mol. The normalized spacial score (nSPS) is 28.2. The predicted octanol–water partition coefficient (Wildman–Crippen LogP) is 2.72. The van der Waals surface area contributed by atoms with Gasteiger partial charge in [0.25, 0.3) is 0 Å². The number of fused-ring (bicyclic) bond motifs is 1. The van der Waals surface area contributed by atoms with Gasteiger partial charge in [0.15, 0.2) is 28.7 Å². The van der Waals surface area contributed by atoms with Crippen molar-refractivity contribution in [1.29, 1.82) is 0 Å². The van der Waals surface area contributed by atoms with Gasteiger partial charge in [0, 0.05) is 11.8 Å². The van der Waals surface area contributed by atoms with Crippen molar-refractivity contribution in [2.24, 2.45) is 11.8 Å². The van der Waals surface area contributed by atoms with Gasteiger partial charge in [-0.15, -0.1) is 5.10 Å². The average Bonchev–Trinajstić information content (AvgIpc) is 3.93. The largest absolute Gasteiger partial charge is 0.493 e. The second-order valence-electron chi connectivity index (χ2n) is 13.0. The highest BCUT2D eigenvalue weighted by Crippen LogP contribution is 2.51. The number of rotatable bonds is 11. The van der Waals surface area contributed by atoms with Crippen LogP contribution in [-0.4, -0.2) is 108 Å². The molecule has 4 aromatic rings. The number of esters is 1. The lowest BCUT2D eigenvalue weighted by atomic mass is 9.85. The number of ether oxygens (including phenoxy) is 8. The number of aryl methyl sites for hydroxylation is 1. The van der Waals surface area contributed by atoms with Gasteiger partial charge in [-0.25, -0.2) is 9.48 Å². The highest BCUT2D eigenvalue weighted by Gasteiger charge is 2.49. The first kappa shape index (κ1) is 35.6. The first-order valence-corrected chi connectivity index (χ1v) is 16.8. The number of aliphatic hydroxyl groups excluding tert-OH is 3. The molecular weight excluding hydrogens is 678 g/mol. The van der Waals surface area contributed by atoms with Crippen molar-refractivity contribution in [1.82, 2.24) is 15.0 Å².